The molecule has 0 aliphatic rings. The molecular weight excluding hydrogens is 557 g/mol. The molecular formula is C27H30ClF3N2O5S. The Kier molecular flexibility index (Phi) is 13.1. The van der Waals surface area contributed by atoms with Gasteiger partial charge < -0.3 is 4.74 Å². The smallest absolute Gasteiger partial charge is 0.460 e. The minimum absolute atomic E-state index is 0.244. The highest BCUT2D eigenvalue weighted by molar-refractivity contribution is 7.87. The molecule has 0 aliphatic heterocycles. The van der Waals surface area contributed by atoms with Crippen LogP contribution in [0.25, 0.3) is 0 Å². The first kappa shape index (κ1) is 31.9. The van der Waals surface area contributed by atoms with E-state index in [1.807, 2.05) is 65.7 Å². The number of carbonyl (C=O) groups is 1. The highest BCUT2D eigenvalue weighted by Gasteiger charge is 2.54. The summed E-state index contributed by atoms with van der Waals surface area (Å²) in [6.07, 6.45) is 3.55. The Morgan fingerprint density at radius 1 is 0.846 bits per heavy atom. The summed E-state index contributed by atoms with van der Waals surface area (Å²) in [5, 5.41) is -2.99. The summed E-state index contributed by atoms with van der Waals surface area (Å²) in [7, 11) is -5.78. The maximum atomic E-state index is 13.1. The van der Waals surface area contributed by atoms with Crippen LogP contribution in [-0.4, -0.2) is 36.7 Å². The Morgan fingerprint density at radius 3 is 1.92 bits per heavy atom. The largest absolute Gasteiger partial charge is 0.465 e. The van der Waals surface area contributed by atoms with Crippen LogP contribution in [0.3, 0.4) is 0 Å². The number of halogens is 4. The van der Waals surface area contributed by atoms with Crippen LogP contribution in [0.1, 0.15) is 32.1 Å². The zero-order valence-electron chi connectivity index (χ0n) is 21.0. The van der Waals surface area contributed by atoms with E-state index in [1.165, 1.54) is 12.1 Å². The highest BCUT2D eigenvalue weighted by Crippen LogP contribution is 2.26. The van der Waals surface area contributed by atoms with Crippen molar-refractivity contribution in [3.05, 3.63) is 90.7 Å². The molecule has 3 aromatic rings. The number of alkyl halides is 3. The average Bonchev–Trinajstić information content (AvgIpc) is 2.92. The van der Waals surface area contributed by atoms with Gasteiger partial charge in [0.25, 0.3) is 0 Å². The second kappa shape index (κ2) is 16.0. The standard InChI is InChI=1S/C18H15FN2.C9H15ClF2O5S/c19-15-11-13-18(14-12-15)21(17-9-5-2-6-10-17)20-16-7-3-1-4-8-16;10-6-4-2-1-3-5-7-17-8(13)9(11,12)18(14,15)16/h1-14,20H;1-7H2,(H,14,15,16). The monoisotopic (exact) mass is 586 g/mol. The Labute approximate surface area is 231 Å². The number of rotatable bonds is 13. The second-order valence-electron chi connectivity index (χ2n) is 8.21. The number of hydrazine groups is 1. The fourth-order valence-corrected chi connectivity index (χ4v) is 3.63. The van der Waals surface area contributed by atoms with Gasteiger partial charge in [-0.25, -0.2) is 9.18 Å². The van der Waals surface area contributed by atoms with Crippen molar-refractivity contribution in [2.75, 3.05) is 22.9 Å². The summed E-state index contributed by atoms with van der Waals surface area (Å²) >= 11 is 5.44. The molecule has 0 aliphatic carbocycles. The van der Waals surface area contributed by atoms with Crippen LogP contribution in [-0.2, 0) is 19.6 Å². The van der Waals surface area contributed by atoms with Gasteiger partial charge in [0, 0.05) is 5.88 Å². The lowest BCUT2D eigenvalue weighted by Crippen LogP contribution is -2.39. The van der Waals surface area contributed by atoms with Gasteiger partial charge in [-0.05, 0) is 61.4 Å². The Bertz CT molecular complexity index is 1240. The zero-order valence-corrected chi connectivity index (χ0v) is 22.6. The molecule has 0 saturated carbocycles. The quantitative estimate of drug-likeness (QED) is 0.0719. The number of anilines is 3. The van der Waals surface area contributed by atoms with Crippen molar-refractivity contribution in [1.82, 2.24) is 0 Å². The summed E-state index contributed by atoms with van der Waals surface area (Å²) in [6.45, 7) is -0.315. The van der Waals surface area contributed by atoms with Crippen LogP contribution in [0, 0.1) is 5.82 Å². The van der Waals surface area contributed by atoms with Crippen LogP contribution >= 0.6 is 11.6 Å². The predicted molar refractivity (Wildman–Crippen MR) is 146 cm³/mol. The van der Waals surface area contributed by atoms with Gasteiger partial charge in [0.2, 0.25) is 0 Å². The van der Waals surface area contributed by atoms with Crippen LogP contribution in [0.5, 0.6) is 0 Å². The number of benzene rings is 3. The lowest BCUT2D eigenvalue weighted by Gasteiger charge is -2.26. The molecule has 0 heterocycles. The van der Waals surface area contributed by atoms with Crippen molar-refractivity contribution in [2.45, 2.75) is 37.4 Å². The molecule has 2 N–H and O–H groups in total. The molecule has 39 heavy (non-hydrogen) atoms. The third-order valence-corrected chi connectivity index (χ3v) is 6.27. The Balaban J connectivity index is 0.000000278. The fraction of sp³-hybridized carbons (Fsp3) is 0.296. The molecule has 3 aromatic carbocycles. The van der Waals surface area contributed by atoms with Crippen molar-refractivity contribution >= 4 is 44.8 Å². The van der Waals surface area contributed by atoms with E-state index in [2.05, 4.69) is 10.2 Å². The van der Waals surface area contributed by atoms with E-state index in [-0.39, 0.29) is 12.4 Å². The molecule has 0 radical (unpaired) electrons. The maximum absolute atomic E-state index is 13.1. The molecule has 12 heteroatoms. The minimum Gasteiger partial charge on any atom is -0.460 e. The number of nitrogens with one attached hydrogen (secondary N) is 1. The molecule has 0 unspecified atom stereocenters. The lowest BCUT2D eigenvalue weighted by molar-refractivity contribution is -0.161. The second-order valence-corrected chi connectivity index (χ2v) is 10.1. The van der Waals surface area contributed by atoms with E-state index >= 15 is 0 Å². The van der Waals surface area contributed by atoms with Crippen LogP contribution in [0.2, 0.25) is 0 Å². The van der Waals surface area contributed by atoms with Gasteiger partial charge in [-0.3, -0.25) is 15.0 Å². The number of carbonyl (C=O) groups excluding carboxylic acids is 1. The number of hydrogen-bond acceptors (Lipinski definition) is 6. The van der Waals surface area contributed by atoms with Gasteiger partial charge >= 0.3 is 21.3 Å². The van der Waals surface area contributed by atoms with Crippen molar-refractivity contribution in [1.29, 1.82) is 0 Å². The molecule has 0 saturated heterocycles. The molecule has 0 aromatic heterocycles. The molecule has 0 spiro atoms. The Morgan fingerprint density at radius 2 is 1.36 bits per heavy atom. The lowest BCUT2D eigenvalue weighted by atomic mass is 10.2. The third-order valence-electron chi connectivity index (χ3n) is 5.19. The first-order valence-corrected chi connectivity index (χ1v) is 14.0. The van der Waals surface area contributed by atoms with Gasteiger partial charge in [0.05, 0.1) is 23.7 Å². The van der Waals surface area contributed by atoms with E-state index in [0.29, 0.717) is 18.7 Å². The summed E-state index contributed by atoms with van der Waals surface area (Å²) < 4.78 is 71.1. The van der Waals surface area contributed by atoms with Crippen molar-refractivity contribution in [2.24, 2.45) is 0 Å². The van der Waals surface area contributed by atoms with Gasteiger partial charge in [0.15, 0.2) is 0 Å². The van der Waals surface area contributed by atoms with Gasteiger partial charge in [0.1, 0.15) is 5.82 Å². The minimum atomic E-state index is -5.78. The molecule has 0 amide bonds. The summed E-state index contributed by atoms with van der Waals surface area (Å²) in [5.41, 5.74) is 6.15. The SMILES string of the molecule is Fc1ccc(N(Nc2ccccc2)c2ccccc2)cc1.O=C(OCCCCCCCCl)C(F)(F)S(=O)(=O)O. The predicted octanol–water partition coefficient (Wildman–Crippen LogP) is 7.19. The van der Waals surface area contributed by atoms with Gasteiger partial charge in [-0.2, -0.15) is 17.2 Å². The van der Waals surface area contributed by atoms with E-state index in [0.717, 1.165) is 36.3 Å². The first-order valence-electron chi connectivity index (χ1n) is 12.1. The van der Waals surface area contributed by atoms with E-state index in [1.54, 1.807) is 12.1 Å². The number of hydrogen-bond donors (Lipinski definition) is 2. The average molecular weight is 587 g/mol. The molecule has 0 bridgehead atoms. The third kappa shape index (κ3) is 10.8. The van der Waals surface area contributed by atoms with Gasteiger partial charge in [-0.15, -0.1) is 11.6 Å². The highest BCUT2D eigenvalue weighted by atomic mass is 35.5. The summed E-state index contributed by atoms with van der Waals surface area (Å²) in [4.78, 5) is 10.7. The van der Waals surface area contributed by atoms with Gasteiger partial charge in [-0.1, -0.05) is 55.7 Å². The molecule has 212 valence electrons. The van der Waals surface area contributed by atoms with E-state index < -0.39 is 21.3 Å². The number of unbranched alkanes of at least 4 members (excludes halogenated alkanes) is 4. The van der Waals surface area contributed by atoms with E-state index in [4.69, 9.17) is 16.2 Å². The van der Waals surface area contributed by atoms with Crippen molar-refractivity contribution < 1.29 is 35.7 Å². The van der Waals surface area contributed by atoms with Crippen LogP contribution < -0.4 is 10.4 Å². The molecule has 7 nitrogen and oxygen atoms in total. The fourth-order valence-electron chi connectivity index (χ4n) is 3.17. The van der Waals surface area contributed by atoms with Crippen LogP contribution in [0.4, 0.5) is 30.2 Å². The van der Waals surface area contributed by atoms with Crippen molar-refractivity contribution in [3.63, 3.8) is 0 Å². The van der Waals surface area contributed by atoms with Crippen molar-refractivity contribution in [3.8, 4) is 0 Å². The first-order chi connectivity index (χ1) is 18.6. The summed E-state index contributed by atoms with van der Waals surface area (Å²) in [6, 6.07) is 26.2. The number of esters is 1. The summed E-state index contributed by atoms with van der Waals surface area (Å²) in [5.74, 6) is -1.95. The number of para-hydroxylation sites is 2. The molecule has 3 rings (SSSR count). The van der Waals surface area contributed by atoms with Crippen LogP contribution in [0.15, 0.2) is 84.9 Å². The topological polar surface area (TPSA) is 95.9 Å². The molecule has 0 atom stereocenters. The Hall–Kier alpha value is -3.28. The van der Waals surface area contributed by atoms with E-state index in [9.17, 15) is 26.4 Å². The number of nitrogens with zero attached hydrogens (tertiary/aromatic N) is 1. The molecule has 0 fully saturated rings. The number of ether oxygens (including phenoxy) is 1. The maximum Gasteiger partial charge on any atom is 0.465 e. The normalized spacial score (nSPS) is 11.2. The zero-order chi connectivity index (χ0) is 28.7.